The molecule has 1 heterocycles. The number of hydrogen-bond acceptors (Lipinski definition) is 3. The number of benzene rings is 1. The van der Waals surface area contributed by atoms with Gasteiger partial charge in [0.1, 0.15) is 12.4 Å². The maximum absolute atomic E-state index is 6.04. The van der Waals surface area contributed by atoms with Gasteiger partial charge in [-0.25, -0.2) is 4.98 Å². The third kappa shape index (κ3) is 4.32. The number of para-hydroxylation sites is 1. The molecule has 0 bridgehead atoms. The standard InChI is InChI=1S/C16H22BrN3O/c1-4-20-11-18-9-14(20)10-21-16-13(8-19-12(2)3)6-5-7-15(16)17/h5-7,9,11-12,19H,4,8,10H2,1-3H3. The molecule has 0 aliphatic carbocycles. The summed E-state index contributed by atoms with van der Waals surface area (Å²) in [6.45, 7) is 8.58. The van der Waals surface area contributed by atoms with Crippen molar-refractivity contribution in [2.45, 2.75) is 46.5 Å². The van der Waals surface area contributed by atoms with Crippen molar-refractivity contribution in [3.05, 3.63) is 46.5 Å². The number of aryl methyl sites for hydroxylation is 1. The van der Waals surface area contributed by atoms with Crippen LogP contribution in [0.5, 0.6) is 5.75 Å². The second-order valence-electron chi connectivity index (χ2n) is 5.22. The SMILES string of the molecule is CCn1cncc1COc1c(Br)cccc1CNC(C)C. The number of nitrogens with one attached hydrogen (secondary N) is 1. The van der Waals surface area contributed by atoms with Crippen molar-refractivity contribution >= 4 is 15.9 Å². The third-order valence-corrected chi connectivity index (χ3v) is 3.88. The molecule has 0 radical (unpaired) electrons. The van der Waals surface area contributed by atoms with Gasteiger partial charge in [0, 0.05) is 24.7 Å². The largest absolute Gasteiger partial charge is 0.486 e. The van der Waals surface area contributed by atoms with Crippen LogP contribution in [0.25, 0.3) is 0 Å². The molecule has 0 saturated heterocycles. The van der Waals surface area contributed by atoms with Crippen molar-refractivity contribution in [2.75, 3.05) is 0 Å². The third-order valence-electron chi connectivity index (χ3n) is 3.25. The quantitative estimate of drug-likeness (QED) is 0.825. The molecule has 0 fully saturated rings. The number of nitrogens with zero attached hydrogens (tertiary/aromatic N) is 2. The Labute approximate surface area is 134 Å². The molecule has 1 aromatic carbocycles. The van der Waals surface area contributed by atoms with Gasteiger partial charge in [-0.1, -0.05) is 26.0 Å². The lowest BCUT2D eigenvalue weighted by Crippen LogP contribution is -2.22. The van der Waals surface area contributed by atoms with Crippen LogP contribution in [0.1, 0.15) is 32.0 Å². The van der Waals surface area contributed by atoms with E-state index in [1.54, 1.807) is 0 Å². The summed E-state index contributed by atoms with van der Waals surface area (Å²) in [4.78, 5) is 4.17. The van der Waals surface area contributed by atoms with Crippen molar-refractivity contribution < 1.29 is 4.74 Å². The van der Waals surface area contributed by atoms with E-state index in [1.165, 1.54) is 0 Å². The molecule has 5 heteroatoms. The second-order valence-corrected chi connectivity index (χ2v) is 6.08. The first-order valence-corrected chi connectivity index (χ1v) is 8.03. The molecule has 2 rings (SSSR count). The smallest absolute Gasteiger partial charge is 0.138 e. The van der Waals surface area contributed by atoms with Crippen LogP contribution in [-0.4, -0.2) is 15.6 Å². The fourth-order valence-corrected chi connectivity index (χ4v) is 2.59. The number of ether oxygens (including phenoxy) is 1. The van der Waals surface area contributed by atoms with Crippen molar-refractivity contribution in [2.24, 2.45) is 0 Å². The van der Waals surface area contributed by atoms with E-state index in [2.05, 4.69) is 57.6 Å². The molecule has 1 aromatic heterocycles. The zero-order valence-electron chi connectivity index (χ0n) is 12.8. The van der Waals surface area contributed by atoms with Crippen LogP contribution in [0.15, 0.2) is 35.2 Å². The molecule has 0 amide bonds. The Morgan fingerprint density at radius 2 is 2.19 bits per heavy atom. The van der Waals surface area contributed by atoms with Crippen LogP contribution in [0.3, 0.4) is 0 Å². The lowest BCUT2D eigenvalue weighted by molar-refractivity contribution is 0.289. The van der Waals surface area contributed by atoms with Gasteiger partial charge in [0.15, 0.2) is 0 Å². The van der Waals surface area contributed by atoms with E-state index in [1.807, 2.05) is 24.7 Å². The van der Waals surface area contributed by atoms with Crippen LogP contribution >= 0.6 is 15.9 Å². The van der Waals surface area contributed by atoms with E-state index in [9.17, 15) is 0 Å². The van der Waals surface area contributed by atoms with E-state index in [0.717, 1.165) is 34.6 Å². The summed E-state index contributed by atoms with van der Waals surface area (Å²) in [7, 11) is 0. The van der Waals surface area contributed by atoms with E-state index in [-0.39, 0.29) is 0 Å². The van der Waals surface area contributed by atoms with Crippen LogP contribution in [-0.2, 0) is 19.7 Å². The summed E-state index contributed by atoms with van der Waals surface area (Å²) >= 11 is 3.58. The van der Waals surface area contributed by atoms with Gasteiger partial charge in [-0.2, -0.15) is 0 Å². The molecule has 0 aliphatic heterocycles. The van der Waals surface area contributed by atoms with Gasteiger partial charge < -0.3 is 14.6 Å². The van der Waals surface area contributed by atoms with E-state index < -0.39 is 0 Å². The molecule has 1 N–H and O–H groups in total. The van der Waals surface area contributed by atoms with Crippen LogP contribution < -0.4 is 10.1 Å². The number of hydrogen-bond donors (Lipinski definition) is 1. The Balaban J connectivity index is 2.11. The van der Waals surface area contributed by atoms with Gasteiger partial charge in [0.25, 0.3) is 0 Å². The summed E-state index contributed by atoms with van der Waals surface area (Å²) in [5, 5.41) is 3.43. The van der Waals surface area contributed by atoms with Crippen LogP contribution in [0.4, 0.5) is 0 Å². The summed E-state index contributed by atoms with van der Waals surface area (Å²) in [5.41, 5.74) is 2.23. The Kier molecular flexibility index (Phi) is 5.82. The molecule has 0 unspecified atom stereocenters. The van der Waals surface area contributed by atoms with Crippen molar-refractivity contribution in [3.63, 3.8) is 0 Å². The summed E-state index contributed by atoms with van der Waals surface area (Å²) < 4.78 is 9.11. The first kappa shape index (κ1) is 16.0. The number of imidazole rings is 1. The topological polar surface area (TPSA) is 39.1 Å². The minimum atomic E-state index is 0.443. The van der Waals surface area contributed by atoms with Gasteiger partial charge in [-0.3, -0.25) is 0 Å². The highest BCUT2D eigenvalue weighted by Crippen LogP contribution is 2.30. The van der Waals surface area contributed by atoms with Crippen molar-refractivity contribution in [3.8, 4) is 5.75 Å². The second kappa shape index (κ2) is 7.61. The van der Waals surface area contributed by atoms with Gasteiger partial charge in [0.2, 0.25) is 0 Å². The highest BCUT2D eigenvalue weighted by molar-refractivity contribution is 9.10. The Hall–Kier alpha value is -1.33. The molecule has 0 saturated carbocycles. The summed E-state index contributed by atoms with van der Waals surface area (Å²) in [6, 6.07) is 6.57. The number of aromatic nitrogens is 2. The average molecular weight is 352 g/mol. The Bertz CT molecular complexity index is 581. The first-order chi connectivity index (χ1) is 10.1. The van der Waals surface area contributed by atoms with E-state index in [4.69, 9.17) is 4.74 Å². The Morgan fingerprint density at radius 1 is 1.38 bits per heavy atom. The predicted octanol–water partition coefficient (Wildman–Crippen LogP) is 3.74. The fraction of sp³-hybridized carbons (Fsp3) is 0.438. The highest BCUT2D eigenvalue weighted by atomic mass is 79.9. The lowest BCUT2D eigenvalue weighted by Gasteiger charge is -2.15. The summed E-state index contributed by atoms with van der Waals surface area (Å²) in [6.07, 6.45) is 3.69. The zero-order chi connectivity index (χ0) is 15.2. The van der Waals surface area contributed by atoms with Gasteiger partial charge >= 0.3 is 0 Å². The van der Waals surface area contributed by atoms with E-state index in [0.29, 0.717) is 12.6 Å². The normalized spacial score (nSPS) is 11.1. The zero-order valence-corrected chi connectivity index (χ0v) is 14.4. The molecule has 2 aromatic rings. The monoisotopic (exact) mass is 351 g/mol. The predicted molar refractivity (Wildman–Crippen MR) is 88.4 cm³/mol. The molecule has 4 nitrogen and oxygen atoms in total. The van der Waals surface area contributed by atoms with Crippen molar-refractivity contribution in [1.29, 1.82) is 0 Å². The fourth-order valence-electron chi connectivity index (χ4n) is 2.07. The molecule has 21 heavy (non-hydrogen) atoms. The average Bonchev–Trinajstić information content (AvgIpc) is 2.91. The molecular formula is C16H22BrN3O. The maximum atomic E-state index is 6.04. The van der Waals surface area contributed by atoms with Gasteiger partial charge in [-0.05, 0) is 28.9 Å². The van der Waals surface area contributed by atoms with Crippen LogP contribution in [0.2, 0.25) is 0 Å². The van der Waals surface area contributed by atoms with Crippen LogP contribution in [0, 0.1) is 0 Å². The minimum absolute atomic E-state index is 0.443. The lowest BCUT2D eigenvalue weighted by atomic mass is 10.2. The molecule has 0 aliphatic rings. The first-order valence-electron chi connectivity index (χ1n) is 7.24. The summed E-state index contributed by atoms with van der Waals surface area (Å²) in [5.74, 6) is 0.898. The van der Waals surface area contributed by atoms with Gasteiger partial charge in [-0.15, -0.1) is 0 Å². The maximum Gasteiger partial charge on any atom is 0.138 e. The molecule has 0 atom stereocenters. The Morgan fingerprint density at radius 3 is 2.90 bits per heavy atom. The van der Waals surface area contributed by atoms with E-state index >= 15 is 0 Å². The highest BCUT2D eigenvalue weighted by Gasteiger charge is 2.10. The number of rotatable bonds is 7. The van der Waals surface area contributed by atoms with Gasteiger partial charge in [0.05, 0.1) is 22.7 Å². The molecule has 114 valence electrons. The minimum Gasteiger partial charge on any atom is -0.486 e. The number of halogens is 1. The molecule has 0 spiro atoms. The van der Waals surface area contributed by atoms with Crippen molar-refractivity contribution in [1.82, 2.24) is 14.9 Å². The molecular weight excluding hydrogens is 330 g/mol.